The second-order valence-electron chi connectivity index (χ2n) is 5.48. The lowest BCUT2D eigenvalue weighted by atomic mass is 10.1. The molecule has 2 aliphatic rings. The summed E-state index contributed by atoms with van der Waals surface area (Å²) in [6, 6.07) is 13.5. The fourth-order valence-electron chi connectivity index (χ4n) is 2.59. The highest BCUT2D eigenvalue weighted by Gasteiger charge is 2.32. The number of thioether (sulfide) groups is 1. The maximum Gasteiger partial charge on any atom is 0.266 e. The zero-order chi connectivity index (χ0) is 17.4. The largest absolute Gasteiger partial charge is 0.454 e. The second kappa shape index (κ2) is 6.82. The maximum absolute atomic E-state index is 12.7. The van der Waals surface area contributed by atoms with Gasteiger partial charge in [0.2, 0.25) is 6.79 Å². The zero-order valence-corrected chi connectivity index (χ0v) is 16.1. The number of nitrogens with zero attached hydrogens (tertiary/aromatic N) is 1. The van der Waals surface area contributed by atoms with Gasteiger partial charge in [-0.25, -0.2) is 0 Å². The smallest absolute Gasteiger partial charge is 0.266 e. The molecule has 0 aromatic heterocycles. The van der Waals surface area contributed by atoms with Crippen LogP contribution in [0.3, 0.4) is 0 Å². The quantitative estimate of drug-likeness (QED) is 0.523. The van der Waals surface area contributed by atoms with Crippen molar-refractivity contribution in [3.8, 4) is 11.5 Å². The number of carbonyl (C=O) groups is 1. The SMILES string of the molecule is O=C1C(=Cc2cc3c(cc2Br)OCO3)SC(=S)N1Cc1ccccc1. The molecule has 0 bridgehead atoms. The fraction of sp³-hybridized carbons (Fsp3) is 0.111. The number of thiocarbonyl (C=S) groups is 1. The summed E-state index contributed by atoms with van der Waals surface area (Å²) < 4.78 is 12.2. The Hall–Kier alpha value is -1.83. The van der Waals surface area contributed by atoms with Gasteiger partial charge in [0.25, 0.3) is 5.91 Å². The standard InChI is InChI=1S/C18H12BrNO3S2/c19-13-8-15-14(22-10-23-15)6-12(13)7-16-17(21)20(18(24)25-16)9-11-4-2-1-3-5-11/h1-8H,9-10H2. The molecule has 4 rings (SSSR count). The van der Waals surface area contributed by atoms with Crippen LogP contribution in [0.1, 0.15) is 11.1 Å². The summed E-state index contributed by atoms with van der Waals surface area (Å²) in [5.74, 6) is 1.29. The Morgan fingerprint density at radius 3 is 2.68 bits per heavy atom. The molecule has 0 N–H and O–H groups in total. The lowest BCUT2D eigenvalue weighted by molar-refractivity contribution is -0.122. The van der Waals surface area contributed by atoms with E-state index < -0.39 is 0 Å². The van der Waals surface area contributed by atoms with Crippen molar-refractivity contribution < 1.29 is 14.3 Å². The highest BCUT2D eigenvalue weighted by Crippen LogP contribution is 2.40. The van der Waals surface area contributed by atoms with E-state index >= 15 is 0 Å². The molecule has 0 unspecified atom stereocenters. The summed E-state index contributed by atoms with van der Waals surface area (Å²) in [7, 11) is 0. The lowest BCUT2D eigenvalue weighted by Gasteiger charge is -2.14. The molecule has 25 heavy (non-hydrogen) atoms. The van der Waals surface area contributed by atoms with Crippen molar-refractivity contribution in [3.05, 3.63) is 63.0 Å². The third-order valence-electron chi connectivity index (χ3n) is 3.84. The predicted molar refractivity (Wildman–Crippen MR) is 105 cm³/mol. The Labute approximate surface area is 162 Å². The van der Waals surface area contributed by atoms with E-state index in [4.69, 9.17) is 21.7 Å². The Morgan fingerprint density at radius 1 is 1.20 bits per heavy atom. The van der Waals surface area contributed by atoms with Gasteiger partial charge in [0.1, 0.15) is 4.32 Å². The van der Waals surface area contributed by atoms with E-state index in [1.807, 2.05) is 48.5 Å². The van der Waals surface area contributed by atoms with E-state index in [1.54, 1.807) is 4.90 Å². The number of benzene rings is 2. The van der Waals surface area contributed by atoms with Crippen LogP contribution in [-0.4, -0.2) is 21.9 Å². The third kappa shape index (κ3) is 3.31. The molecule has 126 valence electrons. The lowest BCUT2D eigenvalue weighted by Crippen LogP contribution is -2.27. The first kappa shape index (κ1) is 16.6. The van der Waals surface area contributed by atoms with E-state index in [1.165, 1.54) is 11.8 Å². The Morgan fingerprint density at radius 2 is 1.92 bits per heavy atom. The van der Waals surface area contributed by atoms with E-state index in [-0.39, 0.29) is 12.7 Å². The number of hydrogen-bond acceptors (Lipinski definition) is 5. The van der Waals surface area contributed by atoms with Crippen molar-refractivity contribution in [2.75, 3.05) is 6.79 Å². The van der Waals surface area contributed by atoms with Crippen molar-refractivity contribution in [2.24, 2.45) is 0 Å². The third-order valence-corrected chi connectivity index (χ3v) is 5.90. The highest BCUT2D eigenvalue weighted by atomic mass is 79.9. The number of carbonyl (C=O) groups excluding carboxylic acids is 1. The number of halogens is 1. The van der Waals surface area contributed by atoms with Gasteiger partial charge < -0.3 is 9.47 Å². The molecule has 1 fully saturated rings. The van der Waals surface area contributed by atoms with Gasteiger partial charge in [-0.2, -0.15) is 0 Å². The topological polar surface area (TPSA) is 38.8 Å². The molecule has 4 nitrogen and oxygen atoms in total. The van der Waals surface area contributed by atoms with E-state index in [9.17, 15) is 4.79 Å². The van der Waals surface area contributed by atoms with Gasteiger partial charge in [-0.3, -0.25) is 9.69 Å². The first-order valence-corrected chi connectivity index (χ1v) is 9.52. The Kier molecular flexibility index (Phi) is 4.54. The zero-order valence-electron chi connectivity index (χ0n) is 12.9. The van der Waals surface area contributed by atoms with Crippen LogP contribution in [-0.2, 0) is 11.3 Å². The van der Waals surface area contributed by atoms with Crippen LogP contribution in [0, 0.1) is 0 Å². The fourth-order valence-corrected chi connectivity index (χ4v) is 4.27. The van der Waals surface area contributed by atoms with Crippen LogP contribution in [0.5, 0.6) is 11.5 Å². The van der Waals surface area contributed by atoms with E-state index in [0.717, 1.165) is 15.6 Å². The van der Waals surface area contributed by atoms with Gasteiger partial charge in [-0.05, 0) is 29.3 Å². The van der Waals surface area contributed by atoms with Gasteiger partial charge in [-0.15, -0.1) is 0 Å². The average Bonchev–Trinajstić information content (AvgIpc) is 3.16. The maximum atomic E-state index is 12.7. The van der Waals surface area contributed by atoms with Crippen molar-refractivity contribution in [1.82, 2.24) is 4.90 Å². The molecule has 1 saturated heterocycles. The molecule has 1 amide bonds. The van der Waals surface area contributed by atoms with Crippen LogP contribution in [0.2, 0.25) is 0 Å². The normalized spacial score (nSPS) is 17.6. The first-order chi connectivity index (χ1) is 12.1. The van der Waals surface area contributed by atoms with Crippen LogP contribution < -0.4 is 9.47 Å². The Balaban J connectivity index is 1.60. The van der Waals surface area contributed by atoms with Crippen LogP contribution in [0.25, 0.3) is 6.08 Å². The number of amides is 1. The van der Waals surface area contributed by atoms with Crippen molar-refractivity contribution in [2.45, 2.75) is 6.54 Å². The molecule has 2 heterocycles. The van der Waals surface area contributed by atoms with Crippen molar-refractivity contribution in [1.29, 1.82) is 0 Å². The van der Waals surface area contributed by atoms with Gasteiger partial charge in [-0.1, -0.05) is 70.2 Å². The summed E-state index contributed by atoms with van der Waals surface area (Å²) in [4.78, 5) is 15.0. The monoisotopic (exact) mass is 433 g/mol. The summed E-state index contributed by atoms with van der Waals surface area (Å²) in [5.41, 5.74) is 1.90. The number of fused-ring (bicyclic) bond motifs is 1. The Bertz CT molecular complexity index is 899. The molecular weight excluding hydrogens is 422 g/mol. The van der Waals surface area contributed by atoms with Crippen molar-refractivity contribution in [3.63, 3.8) is 0 Å². The van der Waals surface area contributed by atoms with Crippen LogP contribution >= 0.6 is 39.9 Å². The molecule has 2 aliphatic heterocycles. The van der Waals surface area contributed by atoms with Gasteiger partial charge in [0, 0.05) is 4.47 Å². The summed E-state index contributed by atoms with van der Waals surface area (Å²) in [6.07, 6.45) is 1.83. The molecule has 0 radical (unpaired) electrons. The first-order valence-electron chi connectivity index (χ1n) is 7.50. The van der Waals surface area contributed by atoms with Gasteiger partial charge >= 0.3 is 0 Å². The number of ether oxygens (including phenoxy) is 2. The molecular formula is C18H12BrNO3S2. The van der Waals surface area contributed by atoms with Gasteiger partial charge in [0.05, 0.1) is 11.4 Å². The van der Waals surface area contributed by atoms with Gasteiger partial charge in [0.15, 0.2) is 11.5 Å². The average molecular weight is 434 g/mol. The van der Waals surface area contributed by atoms with Crippen molar-refractivity contribution >= 4 is 56.2 Å². The molecule has 2 aromatic rings. The molecule has 0 saturated carbocycles. The number of hydrogen-bond donors (Lipinski definition) is 0. The van der Waals surface area contributed by atoms with E-state index in [2.05, 4.69) is 15.9 Å². The minimum absolute atomic E-state index is 0.0802. The molecule has 0 atom stereocenters. The summed E-state index contributed by atoms with van der Waals surface area (Å²) in [5, 5.41) is 0. The van der Waals surface area contributed by atoms with Crippen LogP contribution in [0.4, 0.5) is 0 Å². The van der Waals surface area contributed by atoms with Crippen LogP contribution in [0.15, 0.2) is 51.8 Å². The van der Waals surface area contributed by atoms with E-state index in [0.29, 0.717) is 27.3 Å². The molecule has 2 aromatic carbocycles. The second-order valence-corrected chi connectivity index (χ2v) is 8.01. The minimum atomic E-state index is -0.0802. The summed E-state index contributed by atoms with van der Waals surface area (Å²) in [6.45, 7) is 0.690. The molecule has 7 heteroatoms. The number of rotatable bonds is 3. The highest BCUT2D eigenvalue weighted by molar-refractivity contribution is 9.10. The summed E-state index contributed by atoms with van der Waals surface area (Å²) >= 11 is 10.2. The molecule has 0 aliphatic carbocycles. The minimum Gasteiger partial charge on any atom is -0.454 e. The molecule has 0 spiro atoms. The predicted octanol–water partition coefficient (Wildman–Crippen LogP) is 4.58.